The molecule has 0 unspecified atom stereocenters. The summed E-state index contributed by atoms with van der Waals surface area (Å²) in [6, 6.07) is 15.3. The first-order chi connectivity index (χ1) is 8.84. The number of para-hydroxylation sites is 1. The largest absolute Gasteiger partial charge is 0.331 e. The normalized spacial score (nSPS) is 10.2. The number of hydrazone groups is 1. The third-order valence-corrected chi connectivity index (χ3v) is 2.28. The lowest BCUT2D eigenvalue weighted by molar-refractivity contribution is 1.05. The van der Waals surface area contributed by atoms with E-state index in [1.807, 2.05) is 48.5 Å². The van der Waals surface area contributed by atoms with Crippen LogP contribution in [0.2, 0.25) is 0 Å². The number of rotatable bonds is 3. The third-order valence-electron chi connectivity index (χ3n) is 2.08. The molecule has 0 aliphatic heterocycles. The van der Waals surface area contributed by atoms with Crippen LogP contribution >= 0.6 is 12.2 Å². The van der Waals surface area contributed by atoms with Crippen LogP contribution in [0.1, 0.15) is 5.69 Å². The number of hydrogen-bond donors (Lipinski definition) is 2. The predicted octanol–water partition coefficient (Wildman–Crippen LogP) is 2.40. The molecule has 0 atom stereocenters. The van der Waals surface area contributed by atoms with Crippen molar-refractivity contribution in [1.29, 1.82) is 0 Å². The molecule has 0 amide bonds. The molecule has 1 aromatic carbocycles. The molecule has 90 valence electrons. The molecule has 0 bridgehead atoms. The quantitative estimate of drug-likeness (QED) is 0.503. The lowest BCUT2D eigenvalue weighted by Gasteiger charge is -2.05. The number of benzene rings is 1. The van der Waals surface area contributed by atoms with Crippen molar-refractivity contribution in [1.82, 2.24) is 10.4 Å². The van der Waals surface area contributed by atoms with Crippen molar-refractivity contribution < 1.29 is 0 Å². The Morgan fingerprint density at radius 1 is 1.11 bits per heavy atom. The Labute approximate surface area is 111 Å². The minimum atomic E-state index is 0.438. The second kappa shape index (κ2) is 6.46. The summed E-state index contributed by atoms with van der Waals surface area (Å²) in [6.07, 6.45) is 3.32. The van der Waals surface area contributed by atoms with Gasteiger partial charge < -0.3 is 5.32 Å². The zero-order valence-electron chi connectivity index (χ0n) is 9.58. The SMILES string of the molecule is S=C(N/N=C\c1ccccn1)Nc1ccccc1. The highest BCUT2D eigenvalue weighted by molar-refractivity contribution is 7.80. The minimum absolute atomic E-state index is 0.438. The highest BCUT2D eigenvalue weighted by Gasteiger charge is 1.93. The molecular formula is C13H12N4S. The van der Waals surface area contributed by atoms with E-state index >= 15 is 0 Å². The summed E-state index contributed by atoms with van der Waals surface area (Å²) in [5.74, 6) is 0. The van der Waals surface area contributed by atoms with Gasteiger partial charge in [0.25, 0.3) is 0 Å². The van der Waals surface area contributed by atoms with Gasteiger partial charge in [-0.25, -0.2) is 0 Å². The first kappa shape index (κ1) is 12.2. The van der Waals surface area contributed by atoms with Crippen molar-refractivity contribution >= 4 is 29.2 Å². The maximum atomic E-state index is 5.10. The van der Waals surface area contributed by atoms with E-state index in [-0.39, 0.29) is 0 Å². The Balaban J connectivity index is 1.84. The monoisotopic (exact) mass is 256 g/mol. The molecule has 0 radical (unpaired) electrons. The van der Waals surface area contributed by atoms with Gasteiger partial charge in [0.1, 0.15) is 0 Å². The minimum Gasteiger partial charge on any atom is -0.331 e. The topological polar surface area (TPSA) is 49.3 Å². The highest BCUT2D eigenvalue weighted by atomic mass is 32.1. The van der Waals surface area contributed by atoms with Gasteiger partial charge in [-0.1, -0.05) is 24.3 Å². The van der Waals surface area contributed by atoms with Gasteiger partial charge >= 0.3 is 0 Å². The molecule has 4 nitrogen and oxygen atoms in total. The standard InChI is InChI=1S/C13H12N4S/c18-13(16-11-6-2-1-3-7-11)17-15-10-12-8-4-5-9-14-12/h1-10H,(H2,16,17,18)/b15-10-. The Bertz CT molecular complexity index is 525. The van der Waals surface area contributed by atoms with Crippen LogP contribution in [0.5, 0.6) is 0 Å². The fourth-order valence-corrected chi connectivity index (χ4v) is 1.46. The van der Waals surface area contributed by atoms with Gasteiger partial charge in [0, 0.05) is 11.9 Å². The highest BCUT2D eigenvalue weighted by Crippen LogP contribution is 2.04. The van der Waals surface area contributed by atoms with Crippen molar-refractivity contribution in [3.05, 3.63) is 60.4 Å². The molecule has 0 spiro atoms. The molecule has 0 aliphatic carbocycles. The summed E-state index contributed by atoms with van der Waals surface area (Å²) in [5.41, 5.74) is 4.42. The summed E-state index contributed by atoms with van der Waals surface area (Å²) in [4.78, 5) is 4.11. The number of hydrogen-bond acceptors (Lipinski definition) is 3. The molecule has 0 fully saturated rings. The summed E-state index contributed by atoms with van der Waals surface area (Å²) < 4.78 is 0. The Morgan fingerprint density at radius 3 is 2.61 bits per heavy atom. The van der Waals surface area contributed by atoms with Crippen molar-refractivity contribution in [2.45, 2.75) is 0 Å². The number of anilines is 1. The van der Waals surface area contributed by atoms with E-state index in [4.69, 9.17) is 12.2 Å². The van der Waals surface area contributed by atoms with E-state index in [0.717, 1.165) is 11.4 Å². The van der Waals surface area contributed by atoms with E-state index < -0.39 is 0 Å². The van der Waals surface area contributed by atoms with E-state index in [0.29, 0.717) is 5.11 Å². The second-order valence-corrected chi connectivity index (χ2v) is 3.85. The zero-order chi connectivity index (χ0) is 12.6. The molecule has 0 saturated heterocycles. The molecule has 0 saturated carbocycles. The van der Waals surface area contributed by atoms with E-state index in [1.165, 1.54) is 0 Å². The van der Waals surface area contributed by atoms with Crippen molar-refractivity contribution in [2.24, 2.45) is 5.10 Å². The van der Waals surface area contributed by atoms with Gasteiger partial charge in [-0.05, 0) is 36.5 Å². The number of pyridine rings is 1. The van der Waals surface area contributed by atoms with Crippen LogP contribution in [0, 0.1) is 0 Å². The van der Waals surface area contributed by atoms with Gasteiger partial charge in [0.15, 0.2) is 5.11 Å². The second-order valence-electron chi connectivity index (χ2n) is 3.44. The number of nitrogens with one attached hydrogen (secondary N) is 2. The molecule has 2 N–H and O–H groups in total. The first-order valence-electron chi connectivity index (χ1n) is 5.41. The average molecular weight is 256 g/mol. The van der Waals surface area contributed by atoms with Crippen LogP contribution in [0.15, 0.2) is 59.8 Å². The van der Waals surface area contributed by atoms with Crippen LogP contribution in [-0.2, 0) is 0 Å². The van der Waals surface area contributed by atoms with E-state index in [1.54, 1.807) is 12.4 Å². The fraction of sp³-hybridized carbons (Fsp3) is 0. The maximum absolute atomic E-state index is 5.10. The van der Waals surface area contributed by atoms with Crippen LogP contribution < -0.4 is 10.7 Å². The van der Waals surface area contributed by atoms with Crippen LogP contribution in [0.25, 0.3) is 0 Å². The molecule has 18 heavy (non-hydrogen) atoms. The molecule has 2 rings (SSSR count). The summed E-state index contributed by atoms with van der Waals surface area (Å²) in [6.45, 7) is 0. The molecule has 5 heteroatoms. The smallest absolute Gasteiger partial charge is 0.191 e. The van der Waals surface area contributed by atoms with Gasteiger partial charge in [0.05, 0.1) is 11.9 Å². The predicted molar refractivity (Wildman–Crippen MR) is 77.6 cm³/mol. The summed E-state index contributed by atoms with van der Waals surface area (Å²) >= 11 is 5.10. The van der Waals surface area contributed by atoms with Gasteiger partial charge in [-0.3, -0.25) is 10.4 Å². The van der Waals surface area contributed by atoms with E-state index in [9.17, 15) is 0 Å². The Morgan fingerprint density at radius 2 is 1.89 bits per heavy atom. The van der Waals surface area contributed by atoms with Gasteiger partial charge in [-0.15, -0.1) is 0 Å². The lowest BCUT2D eigenvalue weighted by atomic mass is 10.3. The number of aromatic nitrogens is 1. The summed E-state index contributed by atoms with van der Waals surface area (Å²) in [5, 5.41) is 7.45. The first-order valence-corrected chi connectivity index (χ1v) is 5.81. The number of nitrogens with zero attached hydrogens (tertiary/aromatic N) is 2. The average Bonchev–Trinajstić information content (AvgIpc) is 2.41. The molecule has 1 aromatic heterocycles. The van der Waals surface area contributed by atoms with Gasteiger partial charge in [-0.2, -0.15) is 5.10 Å². The van der Waals surface area contributed by atoms with Crippen molar-refractivity contribution in [2.75, 3.05) is 5.32 Å². The van der Waals surface area contributed by atoms with Crippen LogP contribution in [0.3, 0.4) is 0 Å². The molecule has 1 heterocycles. The van der Waals surface area contributed by atoms with Crippen LogP contribution in [0.4, 0.5) is 5.69 Å². The maximum Gasteiger partial charge on any atom is 0.191 e. The zero-order valence-corrected chi connectivity index (χ0v) is 10.4. The van der Waals surface area contributed by atoms with Crippen molar-refractivity contribution in [3.8, 4) is 0 Å². The molecular weight excluding hydrogens is 244 g/mol. The Kier molecular flexibility index (Phi) is 4.38. The molecule has 2 aromatic rings. The lowest BCUT2D eigenvalue weighted by Crippen LogP contribution is -2.23. The van der Waals surface area contributed by atoms with Crippen molar-refractivity contribution in [3.63, 3.8) is 0 Å². The van der Waals surface area contributed by atoms with E-state index in [2.05, 4.69) is 20.8 Å². The molecule has 0 aliphatic rings. The van der Waals surface area contributed by atoms with Crippen LogP contribution in [-0.4, -0.2) is 16.3 Å². The van der Waals surface area contributed by atoms with Gasteiger partial charge in [0.2, 0.25) is 0 Å². The number of thiocarbonyl (C=S) groups is 1. The fourth-order valence-electron chi connectivity index (χ4n) is 1.29. The summed E-state index contributed by atoms with van der Waals surface area (Å²) in [7, 11) is 0. The third kappa shape index (κ3) is 3.95. The Hall–Kier alpha value is -2.27.